The van der Waals surface area contributed by atoms with Gasteiger partial charge in [-0.3, -0.25) is 9.78 Å². The van der Waals surface area contributed by atoms with Gasteiger partial charge in [0.25, 0.3) is 5.91 Å². The molecule has 3 nitrogen and oxygen atoms in total. The molecule has 1 aromatic carbocycles. The Balaban J connectivity index is 2.32. The quantitative estimate of drug-likeness (QED) is 0.647. The molecule has 0 spiro atoms. The van der Waals surface area contributed by atoms with E-state index in [1.807, 2.05) is 30.3 Å². The second kappa shape index (κ2) is 2.79. The third-order valence-electron chi connectivity index (χ3n) is 2.77. The van der Waals surface area contributed by atoms with Crippen LogP contribution in [0, 0.1) is 0 Å². The molecule has 74 valence electrons. The van der Waals surface area contributed by atoms with E-state index in [-0.39, 0.29) is 5.91 Å². The normalized spacial score (nSPS) is 14.7. The minimum atomic E-state index is 0.0725. The number of rotatable bonds is 0. The number of benzene rings is 1. The van der Waals surface area contributed by atoms with Crippen LogP contribution in [0.3, 0.4) is 0 Å². The van der Waals surface area contributed by atoms with E-state index < -0.39 is 0 Å². The van der Waals surface area contributed by atoms with Crippen LogP contribution in [0.15, 0.2) is 30.3 Å². The SMILES string of the molecule is CN1Cc2nc3ccccc3cc2C1=O. The van der Waals surface area contributed by atoms with Crippen molar-refractivity contribution in [2.24, 2.45) is 0 Å². The first-order valence-corrected chi connectivity index (χ1v) is 4.90. The van der Waals surface area contributed by atoms with Crippen molar-refractivity contribution in [2.75, 3.05) is 7.05 Å². The summed E-state index contributed by atoms with van der Waals surface area (Å²) in [5, 5.41) is 1.03. The molecule has 2 heterocycles. The van der Waals surface area contributed by atoms with Crippen molar-refractivity contribution >= 4 is 16.8 Å². The number of carbonyl (C=O) groups is 1. The van der Waals surface area contributed by atoms with Gasteiger partial charge in [0, 0.05) is 12.4 Å². The highest BCUT2D eigenvalue weighted by molar-refractivity contribution is 6.00. The van der Waals surface area contributed by atoms with E-state index in [0.717, 1.165) is 22.2 Å². The Bertz CT molecular complexity index is 563. The number of aromatic nitrogens is 1. The Morgan fingerprint density at radius 2 is 2.13 bits per heavy atom. The van der Waals surface area contributed by atoms with Crippen LogP contribution < -0.4 is 0 Å². The lowest BCUT2D eigenvalue weighted by Crippen LogP contribution is -2.17. The van der Waals surface area contributed by atoms with Crippen LogP contribution >= 0.6 is 0 Å². The van der Waals surface area contributed by atoms with E-state index in [1.165, 1.54) is 0 Å². The van der Waals surface area contributed by atoms with Crippen LogP contribution in [0.5, 0.6) is 0 Å². The van der Waals surface area contributed by atoms with Crippen molar-refractivity contribution in [3.8, 4) is 0 Å². The van der Waals surface area contributed by atoms with E-state index in [2.05, 4.69) is 4.98 Å². The zero-order valence-electron chi connectivity index (χ0n) is 8.40. The maximum absolute atomic E-state index is 11.7. The largest absolute Gasteiger partial charge is 0.336 e. The van der Waals surface area contributed by atoms with Crippen molar-refractivity contribution in [3.05, 3.63) is 41.6 Å². The van der Waals surface area contributed by atoms with Crippen LogP contribution in [0.2, 0.25) is 0 Å². The smallest absolute Gasteiger partial charge is 0.255 e. The summed E-state index contributed by atoms with van der Waals surface area (Å²) >= 11 is 0. The summed E-state index contributed by atoms with van der Waals surface area (Å²) in [4.78, 5) is 17.9. The molecule has 0 fully saturated rings. The highest BCUT2D eigenvalue weighted by Crippen LogP contribution is 2.23. The molecule has 2 aromatic rings. The van der Waals surface area contributed by atoms with Crippen LogP contribution in [-0.2, 0) is 6.54 Å². The average molecular weight is 198 g/mol. The predicted octanol–water partition coefficient (Wildman–Crippen LogP) is 1.82. The molecule has 0 bridgehead atoms. The molecule has 0 unspecified atom stereocenters. The van der Waals surface area contributed by atoms with Gasteiger partial charge in [-0.15, -0.1) is 0 Å². The van der Waals surface area contributed by atoms with Crippen molar-refractivity contribution in [1.29, 1.82) is 0 Å². The van der Waals surface area contributed by atoms with Crippen LogP contribution in [0.4, 0.5) is 0 Å². The summed E-state index contributed by atoms with van der Waals surface area (Å²) in [6.07, 6.45) is 0. The first kappa shape index (κ1) is 8.41. The number of carbonyl (C=O) groups excluding carboxylic acids is 1. The van der Waals surface area contributed by atoms with E-state index in [9.17, 15) is 4.79 Å². The predicted molar refractivity (Wildman–Crippen MR) is 57.5 cm³/mol. The van der Waals surface area contributed by atoms with E-state index >= 15 is 0 Å². The molecule has 0 N–H and O–H groups in total. The molecule has 0 saturated heterocycles. The van der Waals surface area contributed by atoms with E-state index in [1.54, 1.807) is 11.9 Å². The molecular weight excluding hydrogens is 188 g/mol. The fourth-order valence-corrected chi connectivity index (χ4v) is 1.96. The Morgan fingerprint density at radius 1 is 1.33 bits per heavy atom. The van der Waals surface area contributed by atoms with Crippen LogP contribution in [-0.4, -0.2) is 22.8 Å². The van der Waals surface area contributed by atoms with Crippen molar-refractivity contribution in [1.82, 2.24) is 9.88 Å². The summed E-state index contributed by atoms with van der Waals surface area (Å²) in [6, 6.07) is 9.80. The van der Waals surface area contributed by atoms with Crippen LogP contribution in [0.25, 0.3) is 10.9 Å². The number of para-hydroxylation sites is 1. The maximum Gasteiger partial charge on any atom is 0.255 e. The summed E-state index contributed by atoms with van der Waals surface area (Å²) < 4.78 is 0. The molecule has 3 heteroatoms. The molecule has 0 atom stereocenters. The van der Waals surface area contributed by atoms with E-state index in [4.69, 9.17) is 0 Å². The van der Waals surface area contributed by atoms with Gasteiger partial charge in [0.2, 0.25) is 0 Å². The Kier molecular flexibility index (Phi) is 1.57. The standard InChI is InChI=1S/C12H10N2O/c1-14-7-11-9(12(14)15)6-8-4-2-3-5-10(8)13-11/h2-6H,7H2,1H3. The monoisotopic (exact) mass is 198 g/mol. The second-order valence-corrected chi connectivity index (χ2v) is 3.84. The van der Waals surface area contributed by atoms with E-state index in [0.29, 0.717) is 6.54 Å². The summed E-state index contributed by atoms with van der Waals surface area (Å²) in [5.41, 5.74) is 2.59. The molecule has 1 aliphatic heterocycles. The van der Waals surface area contributed by atoms with Gasteiger partial charge in [0.15, 0.2) is 0 Å². The lowest BCUT2D eigenvalue weighted by atomic mass is 10.1. The Labute approximate surface area is 87.3 Å². The Morgan fingerprint density at radius 3 is 3.00 bits per heavy atom. The highest BCUT2D eigenvalue weighted by Gasteiger charge is 2.25. The zero-order chi connectivity index (χ0) is 10.4. The fourth-order valence-electron chi connectivity index (χ4n) is 1.96. The number of pyridine rings is 1. The first-order valence-electron chi connectivity index (χ1n) is 4.90. The lowest BCUT2D eigenvalue weighted by Gasteiger charge is -2.03. The van der Waals surface area contributed by atoms with Gasteiger partial charge in [-0.2, -0.15) is 0 Å². The number of fused-ring (bicyclic) bond motifs is 2. The number of amides is 1. The molecule has 0 radical (unpaired) electrons. The molecule has 15 heavy (non-hydrogen) atoms. The fraction of sp³-hybridized carbons (Fsp3) is 0.167. The van der Waals surface area contributed by atoms with Gasteiger partial charge in [-0.1, -0.05) is 18.2 Å². The second-order valence-electron chi connectivity index (χ2n) is 3.84. The molecular formula is C12H10N2O. The minimum absolute atomic E-state index is 0.0725. The van der Waals surface area contributed by atoms with Gasteiger partial charge in [-0.25, -0.2) is 0 Å². The number of hydrogen-bond acceptors (Lipinski definition) is 2. The van der Waals surface area contributed by atoms with Crippen molar-refractivity contribution < 1.29 is 4.79 Å². The molecule has 0 saturated carbocycles. The number of nitrogens with zero attached hydrogens (tertiary/aromatic N) is 2. The average Bonchev–Trinajstić information content (AvgIpc) is 2.52. The van der Waals surface area contributed by atoms with Crippen LogP contribution in [0.1, 0.15) is 16.1 Å². The highest BCUT2D eigenvalue weighted by atomic mass is 16.2. The van der Waals surface area contributed by atoms with Gasteiger partial charge in [0.05, 0.1) is 23.3 Å². The van der Waals surface area contributed by atoms with Gasteiger partial charge in [0.1, 0.15) is 0 Å². The summed E-state index contributed by atoms with van der Waals surface area (Å²) in [7, 11) is 1.80. The first-order chi connectivity index (χ1) is 7.25. The molecule has 1 amide bonds. The van der Waals surface area contributed by atoms with Gasteiger partial charge >= 0.3 is 0 Å². The van der Waals surface area contributed by atoms with Gasteiger partial charge < -0.3 is 4.90 Å². The topological polar surface area (TPSA) is 33.2 Å². The molecule has 3 rings (SSSR count). The van der Waals surface area contributed by atoms with Crippen molar-refractivity contribution in [2.45, 2.75) is 6.54 Å². The molecule has 1 aromatic heterocycles. The maximum atomic E-state index is 11.7. The van der Waals surface area contributed by atoms with Crippen molar-refractivity contribution in [3.63, 3.8) is 0 Å². The summed E-state index contributed by atoms with van der Waals surface area (Å²) in [5.74, 6) is 0.0725. The minimum Gasteiger partial charge on any atom is -0.336 e. The third kappa shape index (κ3) is 1.13. The molecule has 1 aliphatic rings. The summed E-state index contributed by atoms with van der Waals surface area (Å²) in [6.45, 7) is 0.624. The zero-order valence-corrected chi connectivity index (χ0v) is 8.40. The lowest BCUT2D eigenvalue weighted by molar-refractivity contribution is 0.0816. The Hall–Kier alpha value is -1.90. The number of hydrogen-bond donors (Lipinski definition) is 0. The third-order valence-corrected chi connectivity index (χ3v) is 2.77. The molecule has 0 aliphatic carbocycles. The van der Waals surface area contributed by atoms with Gasteiger partial charge in [-0.05, 0) is 12.1 Å².